The maximum atomic E-state index is 12.2. The van der Waals surface area contributed by atoms with Crippen molar-refractivity contribution in [3.63, 3.8) is 0 Å². The number of ether oxygens (including phenoxy) is 2. The largest absolute Gasteiger partial charge is 0.461 e. The number of hydrogen-bond donors (Lipinski definition) is 1. The van der Waals surface area contributed by atoms with Gasteiger partial charge in [0.2, 0.25) is 0 Å². The summed E-state index contributed by atoms with van der Waals surface area (Å²) < 4.78 is 10.5. The Hall–Kier alpha value is -1.56. The summed E-state index contributed by atoms with van der Waals surface area (Å²) in [7, 11) is 0. The maximum absolute atomic E-state index is 12.2. The van der Waals surface area contributed by atoms with Crippen molar-refractivity contribution in [2.75, 3.05) is 0 Å². The average molecular weight is 340 g/mol. The molecule has 0 radical (unpaired) electrons. The van der Waals surface area contributed by atoms with Gasteiger partial charge in [0.25, 0.3) is 0 Å². The smallest absolute Gasteiger partial charge is 0.407 e. The van der Waals surface area contributed by atoms with Crippen molar-refractivity contribution in [3.8, 4) is 0 Å². The summed E-state index contributed by atoms with van der Waals surface area (Å²) in [5.41, 5.74) is 0.942. The second-order valence-electron chi connectivity index (χ2n) is 4.99. The van der Waals surface area contributed by atoms with Crippen LogP contribution in [0.25, 0.3) is 0 Å². The van der Waals surface area contributed by atoms with Gasteiger partial charge in [-0.1, -0.05) is 46.3 Å². The molecule has 5 nitrogen and oxygen atoms in total. The predicted molar refractivity (Wildman–Crippen MR) is 74.3 cm³/mol. The Kier molecular flexibility index (Phi) is 3.65. The molecule has 4 atom stereocenters. The number of hydrogen-bond acceptors (Lipinski definition) is 4. The van der Waals surface area contributed by atoms with Gasteiger partial charge in [0.15, 0.2) is 0 Å². The topological polar surface area (TPSA) is 64.6 Å². The van der Waals surface area contributed by atoms with Crippen LogP contribution >= 0.6 is 15.9 Å². The molecule has 1 aromatic rings. The van der Waals surface area contributed by atoms with E-state index in [4.69, 9.17) is 9.47 Å². The Morgan fingerprint density at radius 1 is 1.40 bits per heavy atom. The summed E-state index contributed by atoms with van der Waals surface area (Å²) in [5, 5.41) is 2.68. The van der Waals surface area contributed by atoms with E-state index in [-0.39, 0.29) is 35.5 Å². The molecule has 1 saturated heterocycles. The molecule has 1 heterocycles. The SMILES string of the molecule is O=C1N[C@@H]2[C@H](O1)[C@@H](Br)C[C@@H]2C(=O)OCc1ccccc1. The Morgan fingerprint density at radius 2 is 2.15 bits per heavy atom. The zero-order chi connectivity index (χ0) is 14.1. The summed E-state index contributed by atoms with van der Waals surface area (Å²) in [5.74, 6) is -0.656. The number of rotatable bonds is 3. The van der Waals surface area contributed by atoms with E-state index in [1.807, 2.05) is 30.3 Å². The van der Waals surface area contributed by atoms with Gasteiger partial charge < -0.3 is 14.8 Å². The van der Waals surface area contributed by atoms with Gasteiger partial charge in [-0.15, -0.1) is 0 Å². The Balaban J connectivity index is 1.61. The monoisotopic (exact) mass is 339 g/mol. The normalized spacial score (nSPS) is 31.4. The first-order chi connectivity index (χ1) is 9.65. The molecule has 1 N–H and O–H groups in total. The zero-order valence-electron chi connectivity index (χ0n) is 10.6. The first-order valence-electron chi connectivity index (χ1n) is 6.47. The number of carbonyl (C=O) groups excluding carboxylic acids is 2. The first-order valence-corrected chi connectivity index (χ1v) is 7.38. The van der Waals surface area contributed by atoms with Crippen molar-refractivity contribution in [2.24, 2.45) is 5.92 Å². The van der Waals surface area contributed by atoms with E-state index in [2.05, 4.69) is 21.2 Å². The third-order valence-electron chi connectivity index (χ3n) is 3.68. The number of benzene rings is 1. The molecule has 0 unspecified atom stereocenters. The molecule has 0 spiro atoms. The van der Waals surface area contributed by atoms with E-state index in [1.165, 1.54) is 0 Å². The lowest BCUT2D eigenvalue weighted by atomic mass is 10.0. The van der Waals surface area contributed by atoms with Crippen molar-refractivity contribution in [3.05, 3.63) is 35.9 Å². The minimum atomic E-state index is -0.468. The number of nitrogens with one attached hydrogen (secondary N) is 1. The van der Waals surface area contributed by atoms with E-state index in [0.717, 1.165) is 5.56 Å². The molecule has 0 bridgehead atoms. The molecule has 2 aliphatic rings. The van der Waals surface area contributed by atoms with Crippen LogP contribution in [0, 0.1) is 5.92 Å². The van der Waals surface area contributed by atoms with E-state index in [1.54, 1.807) is 0 Å². The van der Waals surface area contributed by atoms with Gasteiger partial charge >= 0.3 is 12.1 Å². The highest BCUT2D eigenvalue weighted by molar-refractivity contribution is 9.09. The fraction of sp³-hybridized carbons (Fsp3) is 0.429. The molecule has 0 aromatic heterocycles. The van der Waals surface area contributed by atoms with Crippen LogP contribution < -0.4 is 5.32 Å². The second kappa shape index (κ2) is 5.44. The summed E-state index contributed by atoms with van der Waals surface area (Å²) >= 11 is 3.45. The maximum Gasteiger partial charge on any atom is 0.407 e. The van der Waals surface area contributed by atoms with Crippen LogP contribution in [0.15, 0.2) is 30.3 Å². The molecule has 1 saturated carbocycles. The van der Waals surface area contributed by atoms with Crippen molar-refractivity contribution >= 4 is 28.0 Å². The van der Waals surface area contributed by atoms with Gasteiger partial charge in [-0.2, -0.15) is 0 Å². The number of fused-ring (bicyclic) bond motifs is 1. The van der Waals surface area contributed by atoms with Crippen molar-refractivity contribution in [1.29, 1.82) is 0 Å². The average Bonchev–Trinajstić information content (AvgIpc) is 2.97. The van der Waals surface area contributed by atoms with Gasteiger partial charge in [0, 0.05) is 0 Å². The number of amides is 1. The van der Waals surface area contributed by atoms with Crippen LogP contribution in [0.3, 0.4) is 0 Å². The third-order valence-corrected chi connectivity index (χ3v) is 4.57. The standard InChI is InChI=1S/C14H14BrNO4/c15-10-6-9(11-12(10)20-14(18)16-11)13(17)19-7-8-4-2-1-3-5-8/h1-5,9-12H,6-7H2,(H,16,18)/t9-,10-,11-,12+/m0/s1. The summed E-state index contributed by atoms with van der Waals surface area (Å²) in [6, 6.07) is 9.21. The molecule has 1 amide bonds. The van der Waals surface area contributed by atoms with Crippen molar-refractivity contribution in [2.45, 2.75) is 30.0 Å². The predicted octanol–water partition coefficient (Wildman–Crippen LogP) is 1.99. The Bertz CT molecular complexity index is 521. The molecule has 1 aromatic carbocycles. The minimum absolute atomic E-state index is 0.0132. The second-order valence-corrected chi connectivity index (χ2v) is 6.17. The number of alkyl halides is 1. The van der Waals surface area contributed by atoms with E-state index < -0.39 is 6.09 Å². The fourth-order valence-electron chi connectivity index (χ4n) is 2.68. The van der Waals surface area contributed by atoms with Crippen LogP contribution in [0.4, 0.5) is 4.79 Å². The highest BCUT2D eigenvalue weighted by atomic mass is 79.9. The van der Waals surface area contributed by atoms with E-state index in [9.17, 15) is 9.59 Å². The van der Waals surface area contributed by atoms with Crippen LogP contribution in [0.5, 0.6) is 0 Å². The lowest BCUT2D eigenvalue weighted by molar-refractivity contribution is -0.150. The van der Waals surface area contributed by atoms with E-state index >= 15 is 0 Å². The van der Waals surface area contributed by atoms with Gasteiger partial charge in [-0.25, -0.2) is 4.79 Å². The van der Waals surface area contributed by atoms with Crippen molar-refractivity contribution < 1.29 is 19.1 Å². The number of esters is 1. The first kappa shape index (κ1) is 13.4. The van der Waals surface area contributed by atoms with Gasteiger partial charge in [0.1, 0.15) is 12.7 Å². The van der Waals surface area contributed by atoms with Crippen LogP contribution in [0.2, 0.25) is 0 Å². The summed E-state index contributed by atoms with van der Waals surface area (Å²) in [4.78, 5) is 23.4. The molecule has 6 heteroatoms. The fourth-order valence-corrected chi connectivity index (χ4v) is 3.52. The molecule has 20 heavy (non-hydrogen) atoms. The van der Waals surface area contributed by atoms with Crippen molar-refractivity contribution in [1.82, 2.24) is 5.32 Å². The lowest BCUT2D eigenvalue weighted by Crippen LogP contribution is -2.38. The molecule has 1 aliphatic carbocycles. The number of carbonyl (C=O) groups is 2. The molecular weight excluding hydrogens is 326 g/mol. The lowest BCUT2D eigenvalue weighted by Gasteiger charge is -2.15. The van der Waals surface area contributed by atoms with Crippen LogP contribution in [-0.4, -0.2) is 29.0 Å². The highest BCUT2D eigenvalue weighted by Crippen LogP contribution is 2.37. The summed E-state index contributed by atoms with van der Waals surface area (Å²) in [6.45, 7) is 0.245. The Morgan fingerprint density at radius 3 is 2.90 bits per heavy atom. The third kappa shape index (κ3) is 2.52. The minimum Gasteiger partial charge on any atom is -0.461 e. The van der Waals surface area contributed by atoms with Crippen LogP contribution in [0.1, 0.15) is 12.0 Å². The number of alkyl carbamates (subject to hydrolysis) is 1. The molecule has 1 aliphatic heterocycles. The van der Waals surface area contributed by atoms with Gasteiger partial charge in [-0.05, 0) is 12.0 Å². The summed E-state index contributed by atoms with van der Waals surface area (Å²) in [6.07, 6.45) is -0.162. The molecule has 106 valence electrons. The number of halogens is 1. The quantitative estimate of drug-likeness (QED) is 0.675. The molecule has 3 rings (SSSR count). The molecule has 2 fully saturated rings. The van der Waals surface area contributed by atoms with E-state index in [0.29, 0.717) is 6.42 Å². The zero-order valence-corrected chi connectivity index (χ0v) is 12.2. The van der Waals surface area contributed by atoms with Gasteiger partial charge in [0.05, 0.1) is 16.8 Å². The van der Waals surface area contributed by atoms with Crippen LogP contribution in [-0.2, 0) is 20.9 Å². The molecular formula is C14H14BrNO4. The highest BCUT2D eigenvalue weighted by Gasteiger charge is 2.53. The van der Waals surface area contributed by atoms with Gasteiger partial charge in [-0.3, -0.25) is 4.79 Å². The Labute approximate surface area is 124 Å².